The van der Waals surface area contributed by atoms with Gasteiger partial charge in [0.05, 0.1) is 62.5 Å². The molecule has 6 aromatic rings. The van der Waals surface area contributed by atoms with E-state index in [4.69, 9.17) is 37.6 Å². The van der Waals surface area contributed by atoms with Crippen LogP contribution in [0, 0.1) is 88.7 Å². The largest absolute Gasteiger partial charge is 0.411 e. The molecule has 13 spiro atoms. The molecule has 25 aliphatic rings. The number of hydrogen-bond donors (Lipinski definition) is 11. The third-order valence-corrected chi connectivity index (χ3v) is 39.2. The molecule has 12 saturated carbocycles. The standard InChI is InChI=1S/C14H20N2.C14H19N.C13H14N2O2.C13H18N2.2C13H15NO.C8H13NO2.C7H14N2.C7H11NO.C6H12N2.C6H9NO.C6H11N/c15-8-13-10-16(11-14(13)6-7-14)9-12-4-2-1-3-5-12;1-12-9-15(11-14(12)7-8-14)10-13-5-3-2-4-6-13;16-12-13(6-7-13)11(14-17)9-15(12)8-10-4-2-1-3-5-10;14-12-9-15(10-13(12)6-7-13)8-11-4-2-1-3-5-11;2*15-12-9-14(10-13(12)6-7-13)8-11-4-2-1-3-5-11;1-2-7(1)5-9-6-8(7)10-3-4-11-8;8-3-6-4-9-5-7(6)1-2-7;1-5-4-8-6(9)7(5)2-3-7;7-5-3-8-4-6(5)1-2-6;8-5-3-7-4-6(5)1-2-6;1-2-6(1)3-4-7-5-6/h1-5,13H,6-11,15H2;2-6,12H,7-11H2,1H3;1-5,17H,6-9H2;1-5,12H,6-10,14H2;2*1-5H,6-10H2;9H,1-6H2;6,9H,1-5,8H2;5H,2-4H2,1H3,(H,8,9);5,8H,1-4,7H2;7H,1-4H2;7H,1-5H2/b;;14-11+;;;;;;;;;. The number of carbonyl (C=O) groups is 5. The molecule has 0 aromatic heterocycles. The third kappa shape index (κ3) is 24.5. The summed E-state index contributed by atoms with van der Waals surface area (Å²) in [4.78, 5) is 71.6. The van der Waals surface area contributed by atoms with Gasteiger partial charge in [-0.05, 0) is 276 Å². The van der Waals surface area contributed by atoms with Crippen LogP contribution in [0.5, 0.6) is 0 Å². The maximum absolute atomic E-state index is 12.2. The lowest BCUT2D eigenvalue weighted by Crippen LogP contribution is -2.40. The Morgan fingerprint density at radius 2 is 0.814 bits per heavy atom. The van der Waals surface area contributed by atoms with Gasteiger partial charge in [-0.1, -0.05) is 201 Å². The van der Waals surface area contributed by atoms with E-state index >= 15 is 0 Å². The summed E-state index contributed by atoms with van der Waals surface area (Å²) >= 11 is 0. The van der Waals surface area contributed by atoms with Crippen LogP contribution in [0.15, 0.2) is 187 Å². The number of ether oxygens (including phenoxy) is 2. The fourth-order valence-corrected chi connectivity index (χ4v) is 26.6. The van der Waals surface area contributed by atoms with E-state index in [0.717, 1.165) is 216 Å². The molecule has 13 saturated heterocycles. The quantitative estimate of drug-likeness (QED) is 0.0356. The molecule has 6 unspecified atom stereocenters. The number of Topliss-reactive ketones (excluding diaryl/α,β-unsaturated/α-hetero) is 3. The third-order valence-electron chi connectivity index (χ3n) is 39.2. The molecule has 13 aliphatic heterocycles. The zero-order valence-corrected chi connectivity index (χ0v) is 87.3. The number of hydrogen-bond acceptors (Lipinski definition) is 23. The van der Waals surface area contributed by atoms with Gasteiger partial charge < -0.3 is 74.4 Å². The average molecular weight is 1980 g/mol. The Morgan fingerprint density at radius 1 is 0.366 bits per heavy atom. The second-order valence-corrected chi connectivity index (χ2v) is 49.8. The van der Waals surface area contributed by atoms with Crippen molar-refractivity contribution in [3.8, 4) is 0 Å². The van der Waals surface area contributed by atoms with E-state index in [1.54, 1.807) is 4.90 Å². The molecule has 784 valence electrons. The first-order chi connectivity index (χ1) is 70.3. The van der Waals surface area contributed by atoms with Gasteiger partial charge in [-0.25, -0.2) is 0 Å². The van der Waals surface area contributed by atoms with Gasteiger partial charge in [0, 0.05) is 171 Å². The average Bonchev–Trinajstić information content (AvgIpc) is 1.55. The Balaban J connectivity index is 0.0000000972. The molecule has 145 heavy (non-hydrogen) atoms. The lowest BCUT2D eigenvalue weighted by atomic mass is 9.93. The normalized spacial score (nSPS) is 29.7. The molecule has 6 atom stereocenters. The van der Waals surface area contributed by atoms with Crippen LogP contribution in [0.25, 0.3) is 0 Å². The summed E-state index contributed by atoms with van der Waals surface area (Å²) in [6.45, 7) is 36.5. The molecule has 0 radical (unpaired) electrons. The highest BCUT2D eigenvalue weighted by atomic mass is 16.7. The maximum atomic E-state index is 12.2. The fourth-order valence-electron chi connectivity index (χ4n) is 26.6. The lowest BCUT2D eigenvalue weighted by molar-refractivity contribution is -0.179. The van der Waals surface area contributed by atoms with E-state index in [2.05, 4.69) is 215 Å². The second-order valence-electron chi connectivity index (χ2n) is 49.8. The van der Waals surface area contributed by atoms with Gasteiger partial charge in [-0.15, -0.1) is 0 Å². The Hall–Kier alpha value is -7.90. The van der Waals surface area contributed by atoms with Crippen molar-refractivity contribution >= 4 is 34.9 Å². The highest BCUT2D eigenvalue weighted by molar-refractivity contribution is 6.17. The molecule has 25 fully saturated rings. The number of amides is 2. The number of likely N-dealkylation sites (tertiary alicyclic amines) is 6. The SMILES string of the molecule is C1CC2(CC2)CN1.C1COC2(CNCC23CC3)O1.CC1CN(Cc2ccccc2)CC12CC2.CC1CNC(=O)C12CC2.NC1CN(Cc2ccccc2)CC12CC2.NC1CNCC12CC2.NCC1CN(Cc2ccccc2)CC12CC2.NCC1CNCC12CC2.O=C1CN(Cc2ccccc2)CC12CC2.O=C1CN(Cc2ccccc2)CC12CC2.O=C1CNCC12CC2.O=C1N(Cc2ccccc2)C/C(=N\O)C12CC2. The van der Waals surface area contributed by atoms with Crippen molar-refractivity contribution in [3.63, 3.8) is 0 Å². The molecule has 2 amide bonds. The van der Waals surface area contributed by atoms with Gasteiger partial charge in [0.1, 0.15) is 0 Å². The van der Waals surface area contributed by atoms with Crippen molar-refractivity contribution in [1.29, 1.82) is 0 Å². The van der Waals surface area contributed by atoms with Crippen molar-refractivity contribution in [2.24, 2.45) is 117 Å². The number of nitrogens with one attached hydrogen (secondary N) is 6. The zero-order chi connectivity index (χ0) is 100. The summed E-state index contributed by atoms with van der Waals surface area (Å²) in [5.74, 6) is 4.63. The smallest absolute Gasteiger partial charge is 0.235 e. The second kappa shape index (κ2) is 43.8. The number of rotatable bonds is 14. The van der Waals surface area contributed by atoms with E-state index in [1.165, 1.54) is 183 Å². The molecule has 12 aliphatic carbocycles. The molecule has 0 bridgehead atoms. The number of benzene rings is 6. The molecule has 6 aromatic carbocycles. The zero-order valence-electron chi connectivity index (χ0n) is 87.3. The van der Waals surface area contributed by atoms with Gasteiger partial charge in [0.2, 0.25) is 11.8 Å². The molecule has 25 nitrogen and oxygen atoms in total. The van der Waals surface area contributed by atoms with E-state index in [0.29, 0.717) is 107 Å². The van der Waals surface area contributed by atoms with Crippen LogP contribution >= 0.6 is 0 Å². The number of ketones is 3. The number of carbonyl (C=O) groups excluding carboxylic acids is 5. The minimum absolute atomic E-state index is 0.0920. The van der Waals surface area contributed by atoms with Crippen molar-refractivity contribution < 1.29 is 38.7 Å². The number of fused-ring (bicyclic) bond motifs is 1. The Kier molecular flexibility index (Phi) is 31.5. The maximum Gasteiger partial charge on any atom is 0.235 e. The van der Waals surface area contributed by atoms with Crippen LogP contribution in [0.2, 0.25) is 0 Å². The van der Waals surface area contributed by atoms with Crippen LogP contribution in [0.4, 0.5) is 0 Å². The molecular formula is C120H171N17O8. The minimum Gasteiger partial charge on any atom is -0.411 e. The number of nitrogens with two attached hydrogens (primary N) is 4. The molecule has 31 rings (SSSR count). The van der Waals surface area contributed by atoms with E-state index in [-0.39, 0.29) is 33.4 Å². The summed E-state index contributed by atoms with van der Waals surface area (Å²) in [7, 11) is 0. The first-order valence-electron chi connectivity index (χ1n) is 56.3. The van der Waals surface area contributed by atoms with Gasteiger partial charge in [0.15, 0.2) is 23.1 Å². The molecule has 15 N–H and O–H groups in total. The van der Waals surface area contributed by atoms with Crippen LogP contribution in [-0.4, -0.2) is 258 Å². The Labute approximate surface area is 863 Å². The fraction of sp³-hybridized carbons (Fsp3) is 0.650. The van der Waals surface area contributed by atoms with E-state index in [1.807, 2.05) is 42.5 Å². The van der Waals surface area contributed by atoms with Crippen molar-refractivity contribution in [2.75, 3.05) is 170 Å². The van der Waals surface area contributed by atoms with Crippen molar-refractivity contribution in [1.82, 2.24) is 61.3 Å². The predicted octanol–water partition coefficient (Wildman–Crippen LogP) is 12.7. The summed E-state index contributed by atoms with van der Waals surface area (Å²) < 4.78 is 11.4. The molecule has 13 heterocycles. The van der Waals surface area contributed by atoms with Gasteiger partial charge in [0.25, 0.3) is 0 Å². The monoisotopic (exact) mass is 1980 g/mol. The van der Waals surface area contributed by atoms with Gasteiger partial charge in [-0.2, -0.15) is 0 Å². The summed E-state index contributed by atoms with van der Waals surface area (Å²) in [5.41, 5.74) is 36.4. The Morgan fingerprint density at radius 3 is 1.14 bits per heavy atom. The predicted molar refractivity (Wildman–Crippen MR) is 571 cm³/mol. The first-order valence-corrected chi connectivity index (χ1v) is 56.3. The Bertz CT molecular complexity index is 5190. The lowest BCUT2D eigenvalue weighted by Gasteiger charge is -2.27. The molecular weight excluding hydrogens is 1810 g/mol. The highest BCUT2D eigenvalue weighted by Crippen LogP contribution is 2.62. The molecule has 25 heteroatoms. The van der Waals surface area contributed by atoms with Crippen LogP contribution < -0.4 is 54.8 Å². The van der Waals surface area contributed by atoms with E-state index in [9.17, 15) is 24.0 Å². The number of nitrogens with zero attached hydrogens (tertiary/aromatic N) is 7. The minimum atomic E-state index is -0.441. The van der Waals surface area contributed by atoms with Crippen molar-refractivity contribution in [3.05, 3.63) is 215 Å². The number of oxime groups is 1. The highest BCUT2D eigenvalue weighted by Gasteiger charge is 2.67. The topological polar surface area (TPSA) is 332 Å². The summed E-state index contributed by atoms with van der Waals surface area (Å²) in [5, 5.41) is 31.6. The van der Waals surface area contributed by atoms with Crippen LogP contribution in [0.3, 0.4) is 0 Å². The van der Waals surface area contributed by atoms with Crippen LogP contribution in [0.1, 0.15) is 208 Å². The van der Waals surface area contributed by atoms with Crippen molar-refractivity contribution in [2.45, 2.75) is 232 Å². The van der Waals surface area contributed by atoms with Crippen LogP contribution in [-0.2, 0) is 72.7 Å². The van der Waals surface area contributed by atoms with Gasteiger partial charge >= 0.3 is 0 Å². The summed E-state index contributed by atoms with van der Waals surface area (Å²) in [6, 6.07) is 63.9. The van der Waals surface area contributed by atoms with E-state index < -0.39 is 5.41 Å². The first kappa shape index (κ1) is 104. The van der Waals surface area contributed by atoms with Gasteiger partial charge in [-0.3, -0.25) is 48.5 Å². The summed E-state index contributed by atoms with van der Waals surface area (Å²) in [6.07, 6.45) is 31.7.